The van der Waals surface area contributed by atoms with Crippen molar-refractivity contribution >= 4 is 28.8 Å². The van der Waals surface area contributed by atoms with E-state index in [1.165, 1.54) is 11.9 Å². The van der Waals surface area contributed by atoms with Crippen molar-refractivity contribution in [2.75, 3.05) is 54.8 Å². The standard InChI is InChI=1S/C26H29N7O/c1-28-11-12-32-13-15-33(16-14-32)22-9-7-21(8-10-22)31-25-17-24(23(19-30-25)26(27)34)29-18-20-5-3-2-4-6-20/h2-10,17,19H,11-16,18H2,(H2,27,34)(H2,29,30,31). The molecule has 1 fully saturated rings. The number of primary amides is 1. The summed E-state index contributed by atoms with van der Waals surface area (Å²) in [6.45, 7) is 12.8. The minimum absolute atomic E-state index is 0.354. The van der Waals surface area contributed by atoms with Gasteiger partial charge in [0.25, 0.3) is 5.91 Å². The van der Waals surface area contributed by atoms with Crippen LogP contribution in [0.25, 0.3) is 4.85 Å². The normalized spacial score (nSPS) is 13.8. The van der Waals surface area contributed by atoms with E-state index in [0.29, 0.717) is 30.2 Å². The zero-order chi connectivity index (χ0) is 23.8. The van der Waals surface area contributed by atoms with Crippen LogP contribution in [-0.4, -0.2) is 55.1 Å². The van der Waals surface area contributed by atoms with Gasteiger partial charge in [-0.15, -0.1) is 0 Å². The monoisotopic (exact) mass is 455 g/mol. The van der Waals surface area contributed by atoms with E-state index in [1.54, 1.807) is 6.07 Å². The van der Waals surface area contributed by atoms with Crippen molar-refractivity contribution < 1.29 is 4.79 Å². The predicted molar refractivity (Wildman–Crippen MR) is 136 cm³/mol. The fourth-order valence-electron chi connectivity index (χ4n) is 3.98. The molecule has 8 nitrogen and oxygen atoms in total. The number of piperazine rings is 1. The van der Waals surface area contributed by atoms with Crippen LogP contribution in [0.15, 0.2) is 66.9 Å². The number of amides is 1. The number of nitrogens with one attached hydrogen (secondary N) is 2. The van der Waals surface area contributed by atoms with Gasteiger partial charge >= 0.3 is 0 Å². The lowest BCUT2D eigenvalue weighted by Gasteiger charge is -2.35. The molecular formula is C26H29N7O. The highest BCUT2D eigenvalue weighted by atomic mass is 16.1. The second-order valence-corrected chi connectivity index (χ2v) is 8.20. The lowest BCUT2D eigenvalue weighted by Crippen LogP contribution is -2.47. The topological polar surface area (TPSA) is 90.9 Å². The highest BCUT2D eigenvalue weighted by molar-refractivity contribution is 5.98. The van der Waals surface area contributed by atoms with E-state index in [-0.39, 0.29) is 0 Å². The third-order valence-electron chi connectivity index (χ3n) is 5.90. The lowest BCUT2D eigenvalue weighted by atomic mass is 10.2. The Morgan fingerprint density at radius 3 is 2.47 bits per heavy atom. The molecule has 2 aromatic carbocycles. The van der Waals surface area contributed by atoms with Crippen molar-refractivity contribution in [3.05, 3.63) is 89.4 Å². The number of pyridine rings is 1. The SMILES string of the molecule is [C-]#[N+]CCN1CCN(c2ccc(Nc3cc(NCc4ccccc4)c(C(N)=O)cn3)cc2)CC1. The maximum absolute atomic E-state index is 11.9. The number of nitrogens with two attached hydrogens (primary N) is 1. The summed E-state index contributed by atoms with van der Waals surface area (Å²) in [4.78, 5) is 24.4. The van der Waals surface area contributed by atoms with E-state index < -0.39 is 5.91 Å². The molecule has 1 aliphatic heterocycles. The molecule has 174 valence electrons. The lowest BCUT2D eigenvalue weighted by molar-refractivity contribution is 0.100. The third kappa shape index (κ3) is 6.03. The number of aromatic nitrogens is 1. The molecule has 0 aliphatic carbocycles. The summed E-state index contributed by atoms with van der Waals surface area (Å²) < 4.78 is 0. The number of nitrogens with zero attached hydrogens (tertiary/aromatic N) is 4. The average molecular weight is 456 g/mol. The molecule has 0 radical (unpaired) electrons. The summed E-state index contributed by atoms with van der Waals surface area (Å²) >= 11 is 0. The number of rotatable bonds is 9. The van der Waals surface area contributed by atoms with E-state index in [0.717, 1.165) is 44.0 Å². The first-order chi connectivity index (χ1) is 16.6. The van der Waals surface area contributed by atoms with Gasteiger partial charge in [-0.3, -0.25) is 9.69 Å². The molecule has 0 unspecified atom stereocenters. The quantitative estimate of drug-likeness (QED) is 0.427. The van der Waals surface area contributed by atoms with E-state index in [9.17, 15) is 4.79 Å². The molecule has 0 bridgehead atoms. The zero-order valence-corrected chi connectivity index (χ0v) is 19.1. The van der Waals surface area contributed by atoms with Crippen molar-refractivity contribution in [3.8, 4) is 0 Å². The summed E-state index contributed by atoms with van der Waals surface area (Å²) in [6.07, 6.45) is 1.50. The Bertz CT molecular complexity index is 1130. The molecule has 0 spiro atoms. The molecule has 1 aromatic heterocycles. The van der Waals surface area contributed by atoms with Crippen LogP contribution in [0.3, 0.4) is 0 Å². The first-order valence-electron chi connectivity index (χ1n) is 11.4. The fourth-order valence-corrected chi connectivity index (χ4v) is 3.98. The highest BCUT2D eigenvalue weighted by Crippen LogP contribution is 2.24. The first kappa shape index (κ1) is 23.1. The zero-order valence-electron chi connectivity index (χ0n) is 19.1. The highest BCUT2D eigenvalue weighted by Gasteiger charge is 2.17. The van der Waals surface area contributed by atoms with Gasteiger partial charge in [0.2, 0.25) is 6.54 Å². The largest absolute Gasteiger partial charge is 0.380 e. The fraction of sp³-hybridized carbons (Fsp3) is 0.269. The smallest absolute Gasteiger partial charge is 0.252 e. The minimum Gasteiger partial charge on any atom is -0.380 e. The molecule has 3 aromatic rings. The molecule has 2 heterocycles. The van der Waals surface area contributed by atoms with Gasteiger partial charge in [0.1, 0.15) is 5.82 Å². The van der Waals surface area contributed by atoms with Crippen LogP contribution in [0.1, 0.15) is 15.9 Å². The van der Waals surface area contributed by atoms with Crippen molar-refractivity contribution in [2.45, 2.75) is 6.54 Å². The Hall–Kier alpha value is -4.09. The van der Waals surface area contributed by atoms with Crippen molar-refractivity contribution in [2.24, 2.45) is 5.73 Å². The molecule has 0 atom stereocenters. The molecule has 1 aliphatic rings. The summed E-state index contributed by atoms with van der Waals surface area (Å²) in [6, 6.07) is 20.0. The third-order valence-corrected chi connectivity index (χ3v) is 5.90. The minimum atomic E-state index is -0.520. The molecule has 34 heavy (non-hydrogen) atoms. The Labute approximate surface area is 200 Å². The van der Waals surface area contributed by atoms with Gasteiger partial charge in [0.15, 0.2) is 0 Å². The van der Waals surface area contributed by atoms with Crippen LogP contribution in [-0.2, 0) is 6.54 Å². The van der Waals surface area contributed by atoms with Gasteiger partial charge in [-0.25, -0.2) is 11.6 Å². The summed E-state index contributed by atoms with van der Waals surface area (Å²) in [5.41, 5.74) is 9.73. The van der Waals surface area contributed by atoms with Crippen LogP contribution >= 0.6 is 0 Å². The molecular weight excluding hydrogens is 426 g/mol. The van der Waals surface area contributed by atoms with Crippen molar-refractivity contribution in [1.29, 1.82) is 0 Å². The average Bonchev–Trinajstić information content (AvgIpc) is 2.87. The number of hydrogen-bond acceptors (Lipinski definition) is 6. The van der Waals surface area contributed by atoms with E-state index >= 15 is 0 Å². The molecule has 1 amide bonds. The molecule has 8 heteroatoms. The van der Waals surface area contributed by atoms with Gasteiger partial charge in [-0.05, 0) is 29.8 Å². The van der Waals surface area contributed by atoms with Gasteiger partial charge < -0.3 is 26.1 Å². The molecule has 4 N–H and O–H groups in total. The maximum atomic E-state index is 11.9. The molecule has 1 saturated heterocycles. The number of carbonyl (C=O) groups excluding carboxylic acids is 1. The summed E-state index contributed by atoms with van der Waals surface area (Å²) in [5, 5.41) is 6.61. The van der Waals surface area contributed by atoms with Gasteiger partial charge in [0.05, 0.1) is 17.8 Å². The van der Waals surface area contributed by atoms with Crippen LogP contribution in [0.5, 0.6) is 0 Å². The number of hydrogen-bond donors (Lipinski definition) is 3. The van der Waals surface area contributed by atoms with Crippen LogP contribution in [0.2, 0.25) is 0 Å². The number of benzene rings is 2. The Morgan fingerprint density at radius 2 is 1.79 bits per heavy atom. The number of anilines is 4. The predicted octanol–water partition coefficient (Wildman–Crippen LogP) is 3.58. The Balaban J connectivity index is 1.39. The van der Waals surface area contributed by atoms with Crippen molar-refractivity contribution in [3.63, 3.8) is 0 Å². The summed E-state index contributed by atoms with van der Waals surface area (Å²) in [7, 11) is 0. The Morgan fingerprint density at radius 1 is 1.06 bits per heavy atom. The second-order valence-electron chi connectivity index (χ2n) is 8.20. The van der Waals surface area contributed by atoms with E-state index in [1.807, 2.05) is 42.5 Å². The van der Waals surface area contributed by atoms with Gasteiger partial charge in [0, 0.05) is 56.4 Å². The van der Waals surface area contributed by atoms with Gasteiger partial charge in [-0.2, -0.15) is 0 Å². The van der Waals surface area contributed by atoms with Crippen LogP contribution in [0, 0.1) is 6.57 Å². The molecule has 4 rings (SSSR count). The van der Waals surface area contributed by atoms with E-state index in [2.05, 4.69) is 42.4 Å². The Kier molecular flexibility index (Phi) is 7.58. The van der Waals surface area contributed by atoms with Crippen molar-refractivity contribution in [1.82, 2.24) is 9.88 Å². The van der Waals surface area contributed by atoms with Crippen LogP contribution < -0.4 is 21.3 Å². The van der Waals surface area contributed by atoms with Crippen LogP contribution in [0.4, 0.5) is 22.9 Å². The second kappa shape index (κ2) is 11.2. The van der Waals surface area contributed by atoms with Gasteiger partial charge in [-0.1, -0.05) is 30.3 Å². The summed E-state index contributed by atoms with van der Waals surface area (Å²) in [5.74, 6) is 0.106. The van der Waals surface area contributed by atoms with E-state index in [4.69, 9.17) is 12.3 Å². The maximum Gasteiger partial charge on any atom is 0.252 e. The molecule has 0 saturated carbocycles. The first-order valence-corrected chi connectivity index (χ1v) is 11.4. The number of carbonyl (C=O) groups is 1.